The Morgan fingerprint density at radius 3 is 2.42 bits per heavy atom. The first-order valence-corrected chi connectivity index (χ1v) is 9.65. The molecule has 4 nitrogen and oxygen atoms in total. The van der Waals surface area contributed by atoms with Gasteiger partial charge in [0.15, 0.2) is 0 Å². The first-order valence-electron chi connectivity index (χ1n) is 8.66. The van der Waals surface area contributed by atoms with Crippen LogP contribution < -0.4 is 10.1 Å². The highest BCUT2D eigenvalue weighted by Gasteiger charge is 2.19. The molecule has 0 bridgehead atoms. The van der Waals surface area contributed by atoms with Crippen LogP contribution in [0.15, 0.2) is 53.4 Å². The molecule has 0 saturated heterocycles. The van der Waals surface area contributed by atoms with Crippen molar-refractivity contribution in [2.45, 2.75) is 44.1 Å². The minimum atomic E-state index is -0.567. The second kappa shape index (κ2) is 9.10. The molecule has 0 fully saturated rings. The number of nitrogens with one attached hydrogen (secondary N) is 1. The summed E-state index contributed by atoms with van der Waals surface area (Å²) >= 11 is 1.56. The third-order valence-electron chi connectivity index (χ3n) is 3.74. The maximum atomic E-state index is 11.0. The van der Waals surface area contributed by atoms with Crippen LogP contribution in [0.2, 0.25) is 0 Å². The van der Waals surface area contributed by atoms with Crippen molar-refractivity contribution in [3.63, 3.8) is 0 Å². The Morgan fingerprint density at radius 2 is 1.81 bits per heavy atom. The van der Waals surface area contributed by atoms with Crippen molar-refractivity contribution in [3.05, 3.63) is 54.1 Å². The summed E-state index contributed by atoms with van der Waals surface area (Å²) in [5.74, 6) is 1.27. The highest BCUT2D eigenvalue weighted by Crippen LogP contribution is 2.31. The third-order valence-corrected chi connectivity index (χ3v) is 4.90. The van der Waals surface area contributed by atoms with E-state index < -0.39 is 6.10 Å². The Labute approximate surface area is 160 Å². The number of carbonyl (C=O) groups excluding carboxylic acids is 1. The average Bonchev–Trinajstić information content (AvgIpc) is 2.58. The lowest BCUT2D eigenvalue weighted by atomic mass is 9.86. The van der Waals surface area contributed by atoms with Crippen LogP contribution in [0.3, 0.4) is 0 Å². The number of carbonyl (C=O) groups is 1. The lowest BCUT2D eigenvalue weighted by Crippen LogP contribution is -2.22. The van der Waals surface area contributed by atoms with E-state index in [2.05, 4.69) is 32.2 Å². The Balaban J connectivity index is 1.84. The number of amides is 1. The third kappa shape index (κ3) is 6.39. The molecule has 0 aliphatic rings. The van der Waals surface area contributed by atoms with E-state index in [-0.39, 0.29) is 17.9 Å². The first-order chi connectivity index (χ1) is 12.3. The number of thioether (sulfide) groups is 1. The summed E-state index contributed by atoms with van der Waals surface area (Å²) in [7, 11) is 0. The lowest BCUT2D eigenvalue weighted by Gasteiger charge is -2.23. The summed E-state index contributed by atoms with van der Waals surface area (Å²) in [6, 6.07) is 15.5. The predicted octanol–water partition coefficient (Wildman–Crippen LogP) is 4.47. The molecule has 2 N–H and O–H groups in total. The van der Waals surface area contributed by atoms with Gasteiger partial charge in [0, 0.05) is 23.3 Å². The smallest absolute Gasteiger partial charge is 0.221 e. The van der Waals surface area contributed by atoms with Gasteiger partial charge in [0.2, 0.25) is 5.91 Å². The van der Waals surface area contributed by atoms with E-state index in [0.29, 0.717) is 5.75 Å². The Bertz CT molecular complexity index is 723. The highest BCUT2D eigenvalue weighted by molar-refractivity contribution is 7.99. The number of aliphatic hydroxyl groups is 1. The van der Waals surface area contributed by atoms with Crippen LogP contribution in [-0.4, -0.2) is 29.5 Å². The van der Waals surface area contributed by atoms with Gasteiger partial charge in [-0.05, 0) is 41.3 Å². The Kier molecular flexibility index (Phi) is 7.12. The number of anilines is 1. The zero-order valence-electron chi connectivity index (χ0n) is 15.8. The second-order valence-electron chi connectivity index (χ2n) is 7.23. The zero-order valence-corrected chi connectivity index (χ0v) is 16.6. The molecule has 0 aromatic heterocycles. The molecule has 0 heterocycles. The molecule has 2 aromatic carbocycles. The molecule has 1 amide bonds. The molecule has 0 unspecified atom stereocenters. The van der Waals surface area contributed by atoms with Gasteiger partial charge < -0.3 is 15.2 Å². The molecule has 1 atom stereocenters. The number of aliphatic hydroxyl groups excluding tert-OH is 1. The molecule has 26 heavy (non-hydrogen) atoms. The van der Waals surface area contributed by atoms with Gasteiger partial charge in [-0.25, -0.2) is 0 Å². The van der Waals surface area contributed by atoms with Crippen molar-refractivity contribution in [1.82, 2.24) is 0 Å². The molecule has 5 heteroatoms. The number of para-hydroxylation sites is 1. The van der Waals surface area contributed by atoms with Gasteiger partial charge >= 0.3 is 0 Å². The first kappa shape index (κ1) is 20.3. The van der Waals surface area contributed by atoms with Gasteiger partial charge in [-0.15, -0.1) is 11.8 Å². The summed E-state index contributed by atoms with van der Waals surface area (Å²) < 4.78 is 5.87. The molecule has 2 aromatic rings. The Morgan fingerprint density at radius 1 is 1.15 bits per heavy atom. The summed E-state index contributed by atoms with van der Waals surface area (Å²) in [6.45, 7) is 8.17. The normalized spacial score (nSPS) is 12.5. The summed E-state index contributed by atoms with van der Waals surface area (Å²) in [5, 5.41) is 13.0. The van der Waals surface area contributed by atoms with E-state index in [4.69, 9.17) is 4.74 Å². The number of rotatable bonds is 7. The van der Waals surface area contributed by atoms with Crippen LogP contribution in [0, 0.1) is 0 Å². The number of benzene rings is 2. The van der Waals surface area contributed by atoms with Crippen LogP contribution in [-0.2, 0) is 10.2 Å². The maximum absolute atomic E-state index is 11.0. The predicted molar refractivity (Wildman–Crippen MR) is 108 cm³/mol. The molecule has 0 spiro atoms. The van der Waals surface area contributed by atoms with Gasteiger partial charge in [0.25, 0.3) is 0 Å². The standard InChI is InChI=1S/C21H27NO3S/c1-15(23)22-16-9-11-18(12-10-16)26-14-17(24)13-25-20-8-6-5-7-19(20)21(2,3)4/h5-12,17,24H,13-14H2,1-4H3,(H,22,23)/t17-/m1/s1. The van der Waals surface area contributed by atoms with Crippen molar-refractivity contribution in [2.24, 2.45) is 0 Å². The maximum Gasteiger partial charge on any atom is 0.221 e. The molecule has 0 aliphatic carbocycles. The minimum Gasteiger partial charge on any atom is -0.491 e. The van der Waals surface area contributed by atoms with E-state index in [0.717, 1.165) is 21.9 Å². The molecule has 0 saturated carbocycles. The fraction of sp³-hybridized carbons (Fsp3) is 0.381. The quantitative estimate of drug-likeness (QED) is 0.703. The molecule has 140 valence electrons. The molecule has 2 rings (SSSR count). The van der Waals surface area contributed by atoms with Gasteiger partial charge in [-0.3, -0.25) is 4.79 Å². The SMILES string of the molecule is CC(=O)Nc1ccc(SC[C@H](O)COc2ccccc2C(C)(C)C)cc1. The minimum absolute atomic E-state index is 0.00799. The summed E-state index contributed by atoms with van der Waals surface area (Å²) in [4.78, 5) is 12.1. The van der Waals surface area contributed by atoms with E-state index in [9.17, 15) is 9.90 Å². The van der Waals surface area contributed by atoms with Crippen molar-refractivity contribution in [2.75, 3.05) is 17.7 Å². The van der Waals surface area contributed by atoms with Gasteiger partial charge in [0.1, 0.15) is 12.4 Å². The highest BCUT2D eigenvalue weighted by atomic mass is 32.2. The molecular formula is C21H27NO3S. The lowest BCUT2D eigenvalue weighted by molar-refractivity contribution is -0.114. The monoisotopic (exact) mass is 373 g/mol. The average molecular weight is 374 g/mol. The van der Waals surface area contributed by atoms with Crippen LogP contribution in [0.1, 0.15) is 33.3 Å². The summed E-state index contributed by atoms with van der Waals surface area (Å²) in [6.07, 6.45) is -0.567. The topological polar surface area (TPSA) is 58.6 Å². The van der Waals surface area contributed by atoms with Crippen molar-refractivity contribution < 1.29 is 14.6 Å². The number of hydrogen-bond donors (Lipinski definition) is 2. The van der Waals surface area contributed by atoms with Gasteiger partial charge in [-0.1, -0.05) is 39.0 Å². The van der Waals surface area contributed by atoms with Crippen LogP contribution in [0.5, 0.6) is 5.75 Å². The van der Waals surface area contributed by atoms with Crippen LogP contribution in [0.25, 0.3) is 0 Å². The fourth-order valence-corrected chi connectivity index (χ4v) is 3.29. The van der Waals surface area contributed by atoms with Crippen molar-refractivity contribution in [3.8, 4) is 5.75 Å². The van der Waals surface area contributed by atoms with Crippen molar-refractivity contribution >= 4 is 23.4 Å². The zero-order chi connectivity index (χ0) is 19.2. The van der Waals surface area contributed by atoms with Crippen LogP contribution in [0.4, 0.5) is 5.69 Å². The second-order valence-corrected chi connectivity index (χ2v) is 8.32. The summed E-state index contributed by atoms with van der Waals surface area (Å²) in [5.41, 5.74) is 1.89. The van der Waals surface area contributed by atoms with Crippen molar-refractivity contribution in [1.29, 1.82) is 0 Å². The van der Waals surface area contributed by atoms with E-state index >= 15 is 0 Å². The number of hydrogen-bond acceptors (Lipinski definition) is 4. The largest absolute Gasteiger partial charge is 0.491 e. The van der Waals surface area contributed by atoms with E-state index in [1.807, 2.05) is 42.5 Å². The van der Waals surface area contributed by atoms with Crippen LogP contribution >= 0.6 is 11.8 Å². The van der Waals surface area contributed by atoms with Gasteiger partial charge in [-0.2, -0.15) is 0 Å². The Hall–Kier alpha value is -1.98. The molecule has 0 aliphatic heterocycles. The fourth-order valence-electron chi connectivity index (χ4n) is 2.48. The van der Waals surface area contributed by atoms with E-state index in [1.165, 1.54) is 6.92 Å². The van der Waals surface area contributed by atoms with E-state index in [1.54, 1.807) is 11.8 Å². The number of ether oxygens (including phenoxy) is 1. The molecular weight excluding hydrogens is 346 g/mol. The molecule has 0 radical (unpaired) electrons. The van der Waals surface area contributed by atoms with Gasteiger partial charge in [0.05, 0.1) is 6.10 Å².